The number of aryl methyl sites for hydroxylation is 1. The van der Waals surface area contributed by atoms with E-state index in [2.05, 4.69) is 17.4 Å². The van der Waals surface area contributed by atoms with Crippen molar-refractivity contribution in [2.75, 3.05) is 13.2 Å². The van der Waals surface area contributed by atoms with Gasteiger partial charge in [0.25, 0.3) is 0 Å². The maximum absolute atomic E-state index is 12.0. The van der Waals surface area contributed by atoms with Crippen LogP contribution in [0.1, 0.15) is 24.8 Å². The van der Waals surface area contributed by atoms with Crippen LogP contribution in [0.25, 0.3) is 0 Å². The minimum absolute atomic E-state index is 0.0345. The molecule has 0 spiro atoms. The highest BCUT2D eigenvalue weighted by atomic mass is 16.6. The maximum Gasteiger partial charge on any atom is 0.220 e. The number of hydrogen-bond acceptors (Lipinski definition) is 4. The second-order valence-corrected chi connectivity index (χ2v) is 6.03. The summed E-state index contributed by atoms with van der Waals surface area (Å²) in [6.07, 6.45) is 2.32. The number of amides is 1. The zero-order valence-electron chi connectivity index (χ0n) is 12.6. The van der Waals surface area contributed by atoms with Crippen LogP contribution in [0, 0.1) is 0 Å². The molecule has 1 amide bonds. The van der Waals surface area contributed by atoms with Gasteiger partial charge in [0, 0.05) is 6.42 Å². The molecule has 0 bridgehead atoms. The van der Waals surface area contributed by atoms with Crippen molar-refractivity contribution >= 4 is 5.91 Å². The fourth-order valence-corrected chi connectivity index (χ4v) is 3.14. The number of benzene rings is 1. The Labute approximate surface area is 130 Å². The lowest BCUT2D eigenvalue weighted by atomic mass is 10.1. The Morgan fingerprint density at radius 2 is 1.91 bits per heavy atom. The highest BCUT2D eigenvalue weighted by Crippen LogP contribution is 2.26. The first-order valence-corrected chi connectivity index (χ1v) is 7.98. The number of unbranched alkanes of at least 4 members (excludes halogenated alkanes) is 1. The molecular formula is C17H23NO4. The Hall–Kier alpha value is -1.43. The highest BCUT2D eigenvalue weighted by Gasteiger charge is 2.47. The lowest BCUT2D eigenvalue weighted by Gasteiger charge is -2.17. The first-order valence-electron chi connectivity index (χ1n) is 7.98. The van der Waals surface area contributed by atoms with Crippen LogP contribution < -0.4 is 5.32 Å². The molecule has 5 nitrogen and oxygen atoms in total. The van der Waals surface area contributed by atoms with Crippen molar-refractivity contribution in [2.24, 2.45) is 0 Å². The predicted octanol–water partition coefficient (Wildman–Crippen LogP) is 1.04. The Bertz CT molecular complexity index is 493. The monoisotopic (exact) mass is 305 g/mol. The number of carbonyl (C=O) groups is 1. The third-order valence-corrected chi connectivity index (χ3v) is 4.34. The number of nitrogens with one attached hydrogen (secondary N) is 1. The second-order valence-electron chi connectivity index (χ2n) is 6.03. The van der Waals surface area contributed by atoms with E-state index in [1.54, 1.807) is 0 Å². The normalized spacial score (nSPS) is 30.2. The van der Waals surface area contributed by atoms with Gasteiger partial charge in [-0.25, -0.2) is 0 Å². The summed E-state index contributed by atoms with van der Waals surface area (Å²) in [6, 6.07) is 10.2. The Morgan fingerprint density at radius 3 is 2.73 bits per heavy atom. The van der Waals surface area contributed by atoms with Crippen LogP contribution in [0.2, 0.25) is 0 Å². The van der Waals surface area contributed by atoms with Gasteiger partial charge >= 0.3 is 0 Å². The molecule has 1 aromatic carbocycles. The molecule has 22 heavy (non-hydrogen) atoms. The van der Waals surface area contributed by atoms with Crippen LogP contribution >= 0.6 is 0 Å². The fourth-order valence-electron chi connectivity index (χ4n) is 3.14. The minimum Gasteiger partial charge on any atom is -0.388 e. The van der Waals surface area contributed by atoms with Gasteiger partial charge in [-0.1, -0.05) is 30.3 Å². The van der Waals surface area contributed by atoms with Crippen LogP contribution in [0.5, 0.6) is 0 Å². The van der Waals surface area contributed by atoms with Gasteiger partial charge in [-0.05, 0) is 24.8 Å². The van der Waals surface area contributed by atoms with Gasteiger partial charge in [0.15, 0.2) is 0 Å². The van der Waals surface area contributed by atoms with Crippen LogP contribution in [-0.2, 0) is 20.7 Å². The zero-order valence-corrected chi connectivity index (χ0v) is 12.6. The second kappa shape index (κ2) is 7.22. The zero-order chi connectivity index (χ0) is 15.4. The van der Waals surface area contributed by atoms with Gasteiger partial charge < -0.3 is 19.9 Å². The van der Waals surface area contributed by atoms with Crippen LogP contribution in [-0.4, -0.2) is 48.6 Å². The summed E-state index contributed by atoms with van der Waals surface area (Å²) in [6.45, 7) is 0.709. The Balaban J connectivity index is 1.35. The molecule has 3 rings (SSSR count). The van der Waals surface area contributed by atoms with E-state index < -0.39 is 6.10 Å². The maximum atomic E-state index is 12.0. The molecule has 2 aliphatic rings. The van der Waals surface area contributed by atoms with Crippen molar-refractivity contribution in [3.05, 3.63) is 35.9 Å². The average Bonchev–Trinajstić information content (AvgIpc) is 3.09. The van der Waals surface area contributed by atoms with Crippen LogP contribution in [0.15, 0.2) is 30.3 Å². The molecule has 2 heterocycles. The summed E-state index contributed by atoms with van der Waals surface area (Å²) in [5.74, 6) is 0.0345. The van der Waals surface area contributed by atoms with Crippen molar-refractivity contribution in [3.63, 3.8) is 0 Å². The van der Waals surface area contributed by atoms with Gasteiger partial charge in [0.2, 0.25) is 5.91 Å². The molecule has 2 aliphatic heterocycles. The predicted molar refractivity (Wildman–Crippen MR) is 81.4 cm³/mol. The molecule has 0 unspecified atom stereocenters. The molecule has 0 saturated carbocycles. The van der Waals surface area contributed by atoms with Gasteiger partial charge in [0.1, 0.15) is 18.3 Å². The molecule has 2 fully saturated rings. The summed E-state index contributed by atoms with van der Waals surface area (Å²) >= 11 is 0. The lowest BCUT2D eigenvalue weighted by Crippen LogP contribution is -2.44. The van der Waals surface area contributed by atoms with Gasteiger partial charge in [0.05, 0.1) is 19.3 Å². The third kappa shape index (κ3) is 3.66. The van der Waals surface area contributed by atoms with Crippen molar-refractivity contribution in [1.29, 1.82) is 0 Å². The minimum atomic E-state index is -0.572. The molecule has 2 saturated heterocycles. The molecule has 1 aromatic rings. The molecule has 5 heteroatoms. The third-order valence-electron chi connectivity index (χ3n) is 4.34. The van der Waals surface area contributed by atoms with Gasteiger partial charge in [-0.3, -0.25) is 4.79 Å². The number of ether oxygens (including phenoxy) is 2. The summed E-state index contributed by atoms with van der Waals surface area (Å²) < 4.78 is 11.0. The molecular weight excluding hydrogens is 282 g/mol. The van der Waals surface area contributed by atoms with E-state index in [-0.39, 0.29) is 24.2 Å². The summed E-state index contributed by atoms with van der Waals surface area (Å²) in [4.78, 5) is 12.0. The number of rotatable bonds is 6. The Morgan fingerprint density at radius 1 is 1.14 bits per heavy atom. The van der Waals surface area contributed by atoms with Gasteiger partial charge in [-0.2, -0.15) is 0 Å². The van der Waals surface area contributed by atoms with E-state index >= 15 is 0 Å². The van der Waals surface area contributed by atoms with E-state index in [4.69, 9.17) is 9.47 Å². The summed E-state index contributed by atoms with van der Waals surface area (Å²) in [7, 11) is 0. The van der Waals surface area contributed by atoms with Crippen molar-refractivity contribution in [1.82, 2.24) is 5.32 Å². The lowest BCUT2D eigenvalue weighted by molar-refractivity contribution is -0.122. The standard InChI is InChI=1S/C17H23NO4/c19-14-11-22-16-13(10-21-17(14)16)18-15(20)9-5-4-8-12-6-2-1-3-7-12/h1-3,6-7,13-14,16-17,19H,4-5,8-11H2,(H,18,20)/t13-,14-,16+,17+/m0/s1. The molecule has 0 radical (unpaired) electrons. The van der Waals surface area contributed by atoms with E-state index in [9.17, 15) is 9.90 Å². The van der Waals surface area contributed by atoms with Gasteiger partial charge in [-0.15, -0.1) is 0 Å². The van der Waals surface area contributed by atoms with E-state index in [1.165, 1.54) is 5.56 Å². The summed E-state index contributed by atoms with van der Waals surface area (Å²) in [5, 5.41) is 12.6. The van der Waals surface area contributed by atoms with Crippen LogP contribution in [0.4, 0.5) is 0 Å². The first-order chi connectivity index (χ1) is 10.7. The van der Waals surface area contributed by atoms with Crippen molar-refractivity contribution < 1.29 is 19.4 Å². The van der Waals surface area contributed by atoms with E-state index in [1.807, 2.05) is 18.2 Å². The molecule has 120 valence electrons. The van der Waals surface area contributed by atoms with Crippen molar-refractivity contribution in [3.8, 4) is 0 Å². The number of fused-ring (bicyclic) bond motifs is 1. The van der Waals surface area contributed by atoms with Crippen molar-refractivity contribution in [2.45, 2.75) is 50.0 Å². The summed E-state index contributed by atoms with van der Waals surface area (Å²) in [5.41, 5.74) is 1.31. The molecule has 0 aromatic heterocycles. The average molecular weight is 305 g/mol. The topological polar surface area (TPSA) is 67.8 Å². The highest BCUT2D eigenvalue weighted by molar-refractivity contribution is 5.76. The first kappa shape index (κ1) is 15.5. The fraction of sp³-hybridized carbons (Fsp3) is 0.588. The smallest absolute Gasteiger partial charge is 0.220 e. The molecule has 2 N–H and O–H groups in total. The molecule has 0 aliphatic carbocycles. The number of aliphatic hydroxyl groups excluding tert-OH is 1. The largest absolute Gasteiger partial charge is 0.388 e. The Kier molecular flexibility index (Phi) is 5.08. The van der Waals surface area contributed by atoms with Crippen LogP contribution in [0.3, 0.4) is 0 Å². The number of hydrogen-bond donors (Lipinski definition) is 2. The SMILES string of the molecule is O=C(CCCCc1ccccc1)N[C@H]1CO[C@H]2[C@@H]1OC[C@@H]2O. The number of aliphatic hydroxyl groups is 1. The van der Waals surface area contributed by atoms with E-state index in [0.29, 0.717) is 19.6 Å². The van der Waals surface area contributed by atoms with E-state index in [0.717, 1.165) is 19.3 Å². The number of carbonyl (C=O) groups excluding carboxylic acids is 1. The molecule has 4 atom stereocenters. The quantitative estimate of drug-likeness (QED) is 0.771.